The van der Waals surface area contributed by atoms with E-state index in [1.807, 2.05) is 66.6 Å². The van der Waals surface area contributed by atoms with Gasteiger partial charge >= 0.3 is 0 Å². The molecule has 51 heavy (non-hydrogen) atoms. The number of rotatable bonds is 7. The Bertz CT molecular complexity index is 2210. The molecule has 0 bridgehead atoms. The predicted molar refractivity (Wildman–Crippen MR) is 194 cm³/mol. The highest BCUT2D eigenvalue weighted by Crippen LogP contribution is 2.41. The fourth-order valence-corrected chi connectivity index (χ4v) is 8.80. The number of benzene rings is 4. The van der Waals surface area contributed by atoms with E-state index in [0.29, 0.717) is 30.6 Å². The molecule has 0 fully saturated rings. The van der Waals surface area contributed by atoms with Crippen molar-refractivity contribution in [2.75, 3.05) is 12.0 Å². The SMILES string of the molecule is COc1cc2c(cc1OCc1cccc(COc3cc4c(cc3C)C(=O)N3c5ccccc5C[C@H]3CC4)c1)CC[C@@H]1Cc3cccc[n+]3C1C2=O. The van der Waals surface area contributed by atoms with Crippen LogP contribution in [0, 0.1) is 12.8 Å². The number of carbonyl (C=O) groups is 2. The van der Waals surface area contributed by atoms with Gasteiger partial charge in [0.2, 0.25) is 11.8 Å². The van der Waals surface area contributed by atoms with Crippen LogP contribution in [-0.4, -0.2) is 24.8 Å². The fourth-order valence-electron chi connectivity index (χ4n) is 8.80. The maximum absolute atomic E-state index is 13.9. The van der Waals surface area contributed by atoms with Crippen LogP contribution in [0.5, 0.6) is 17.2 Å². The molecule has 3 aliphatic heterocycles. The second kappa shape index (κ2) is 12.7. The quantitative estimate of drug-likeness (QED) is 0.167. The van der Waals surface area contributed by atoms with Gasteiger partial charge in [-0.05, 0) is 109 Å². The van der Waals surface area contributed by atoms with Gasteiger partial charge < -0.3 is 19.1 Å². The summed E-state index contributed by atoms with van der Waals surface area (Å²) in [6, 6.07) is 30.7. The van der Waals surface area contributed by atoms with Crippen LogP contribution in [-0.2, 0) is 38.9 Å². The first-order valence-corrected chi connectivity index (χ1v) is 18.1. The molecule has 0 saturated heterocycles. The van der Waals surface area contributed by atoms with Gasteiger partial charge in [0.25, 0.3) is 5.91 Å². The number of ketones is 1. The number of hydrogen-bond donors (Lipinski definition) is 0. The fraction of sp³-hybridized carbons (Fsp3) is 0.295. The number of pyridine rings is 1. The Kier molecular flexibility index (Phi) is 7.87. The maximum atomic E-state index is 13.9. The number of anilines is 1. The highest BCUT2D eigenvalue weighted by molar-refractivity contribution is 6.09. The van der Waals surface area contributed by atoms with Gasteiger partial charge in [-0.1, -0.05) is 42.5 Å². The molecule has 4 aromatic carbocycles. The van der Waals surface area contributed by atoms with E-state index in [2.05, 4.69) is 47.0 Å². The molecule has 1 aromatic heterocycles. The second-order valence-electron chi connectivity index (χ2n) is 14.4. The number of fused-ring (bicyclic) bond motifs is 8. The van der Waals surface area contributed by atoms with Crippen molar-refractivity contribution in [3.8, 4) is 17.2 Å². The van der Waals surface area contributed by atoms with Gasteiger partial charge in [0.05, 0.1) is 7.11 Å². The molecule has 0 saturated carbocycles. The van der Waals surface area contributed by atoms with Gasteiger partial charge in [-0.3, -0.25) is 9.59 Å². The minimum atomic E-state index is -0.170. The van der Waals surface area contributed by atoms with Crippen molar-refractivity contribution < 1.29 is 28.4 Å². The van der Waals surface area contributed by atoms with Gasteiger partial charge in [-0.15, -0.1) is 0 Å². The summed E-state index contributed by atoms with van der Waals surface area (Å²) >= 11 is 0. The zero-order valence-electron chi connectivity index (χ0n) is 29.1. The van der Waals surface area contributed by atoms with Crippen molar-refractivity contribution >= 4 is 17.4 Å². The van der Waals surface area contributed by atoms with Crippen LogP contribution in [0.1, 0.15) is 78.7 Å². The van der Waals surface area contributed by atoms with Crippen LogP contribution in [0.15, 0.2) is 97.2 Å². The molecule has 7 heteroatoms. The Morgan fingerprint density at radius 2 is 1.47 bits per heavy atom. The van der Waals surface area contributed by atoms with Crippen LogP contribution >= 0.6 is 0 Å². The summed E-state index contributed by atoms with van der Waals surface area (Å²) in [4.78, 5) is 29.7. The normalized spacial score (nSPS) is 19.9. The van der Waals surface area contributed by atoms with Crippen LogP contribution in [0.25, 0.3) is 0 Å². The summed E-state index contributed by atoms with van der Waals surface area (Å²) in [5.74, 6) is 2.55. The summed E-state index contributed by atoms with van der Waals surface area (Å²) in [5.41, 5.74) is 10.1. The lowest BCUT2D eigenvalue weighted by atomic mass is 9.93. The van der Waals surface area contributed by atoms with Crippen LogP contribution in [0.2, 0.25) is 0 Å². The molecule has 3 atom stereocenters. The number of ether oxygens (including phenoxy) is 3. The Hall–Kier alpha value is -5.43. The summed E-state index contributed by atoms with van der Waals surface area (Å²) in [6.45, 7) is 2.77. The lowest BCUT2D eigenvalue weighted by molar-refractivity contribution is -0.705. The van der Waals surface area contributed by atoms with Gasteiger partial charge in [0, 0.05) is 47.3 Å². The zero-order valence-corrected chi connectivity index (χ0v) is 29.1. The van der Waals surface area contributed by atoms with Crippen molar-refractivity contribution in [3.63, 3.8) is 0 Å². The predicted octanol–water partition coefficient (Wildman–Crippen LogP) is 7.51. The topological polar surface area (TPSA) is 69.0 Å². The van der Waals surface area contributed by atoms with E-state index in [0.717, 1.165) is 88.9 Å². The highest BCUT2D eigenvalue weighted by atomic mass is 16.5. The van der Waals surface area contributed by atoms with E-state index >= 15 is 0 Å². The van der Waals surface area contributed by atoms with Crippen molar-refractivity contribution in [1.82, 2.24) is 0 Å². The molecule has 5 aromatic rings. The lowest BCUT2D eigenvalue weighted by Crippen LogP contribution is -2.43. The minimum Gasteiger partial charge on any atom is -0.493 e. The van der Waals surface area contributed by atoms with Crippen molar-refractivity contribution in [2.45, 2.75) is 70.7 Å². The average molecular weight is 678 g/mol. The van der Waals surface area contributed by atoms with E-state index < -0.39 is 0 Å². The Morgan fingerprint density at radius 1 is 0.725 bits per heavy atom. The Morgan fingerprint density at radius 3 is 2.31 bits per heavy atom. The van der Waals surface area contributed by atoms with Gasteiger partial charge in [0.15, 0.2) is 23.4 Å². The standard InChI is InChI=1S/C44H41N2O5/c1-27-18-37-31(15-16-35-20-32-10-3-4-12-38(32)46(35)44(37)48)22-39(27)50-25-28-8-7-9-29(19-28)26-51-41-23-30-13-14-33-21-34-11-5-6-17-45(34)42(33)43(47)36(30)24-40(41)49-2/h3-12,17-19,22-24,33,35,42H,13-16,20-21,25-26H2,1-2H3/q+1/t33-,35-,42?/m1/s1. The number of aryl methyl sites for hydroxylation is 3. The van der Waals surface area contributed by atoms with E-state index in [4.69, 9.17) is 14.2 Å². The monoisotopic (exact) mass is 677 g/mol. The zero-order chi connectivity index (χ0) is 34.6. The first kappa shape index (κ1) is 31.5. The molecule has 9 rings (SSSR count). The number of amides is 1. The smallest absolute Gasteiger partial charge is 0.258 e. The number of Topliss-reactive ketones (excluding diaryl/α,β-unsaturated/α-hetero) is 1. The molecule has 1 aliphatic carbocycles. The molecule has 0 spiro atoms. The third-order valence-electron chi connectivity index (χ3n) is 11.4. The van der Waals surface area contributed by atoms with Crippen molar-refractivity contribution in [2.24, 2.45) is 5.92 Å². The highest BCUT2D eigenvalue weighted by Gasteiger charge is 2.47. The first-order valence-electron chi connectivity index (χ1n) is 18.1. The molecule has 256 valence electrons. The number of methoxy groups -OCH3 is 1. The van der Waals surface area contributed by atoms with Crippen molar-refractivity contribution in [3.05, 3.63) is 147 Å². The average Bonchev–Trinajstić information content (AvgIpc) is 3.65. The number of nitrogens with zero attached hydrogens (tertiary/aromatic N) is 2. The second-order valence-corrected chi connectivity index (χ2v) is 14.4. The van der Waals surface area contributed by atoms with E-state index in [1.54, 1.807) is 7.11 Å². The third kappa shape index (κ3) is 5.56. The van der Waals surface area contributed by atoms with Crippen molar-refractivity contribution in [1.29, 1.82) is 0 Å². The summed E-state index contributed by atoms with van der Waals surface area (Å²) in [6.07, 6.45) is 7.42. The summed E-state index contributed by atoms with van der Waals surface area (Å²) in [5, 5.41) is 0. The first-order chi connectivity index (χ1) is 24.9. The summed E-state index contributed by atoms with van der Waals surface area (Å²) in [7, 11) is 1.62. The lowest BCUT2D eigenvalue weighted by Gasteiger charge is -2.23. The van der Waals surface area contributed by atoms with Crippen LogP contribution < -0.4 is 23.7 Å². The van der Waals surface area contributed by atoms with Gasteiger partial charge in [-0.25, -0.2) is 0 Å². The number of hydrogen-bond acceptors (Lipinski definition) is 5. The third-order valence-corrected chi connectivity index (χ3v) is 11.4. The van der Waals surface area contributed by atoms with Gasteiger partial charge in [0.1, 0.15) is 19.0 Å². The number of para-hydroxylation sites is 1. The molecule has 1 amide bonds. The molecule has 0 radical (unpaired) electrons. The number of aromatic nitrogens is 1. The Labute approximate surface area is 298 Å². The van der Waals surface area contributed by atoms with Gasteiger partial charge in [-0.2, -0.15) is 4.57 Å². The molecule has 7 nitrogen and oxygen atoms in total. The molecular formula is C44H41N2O5+. The van der Waals surface area contributed by atoms with E-state index in [1.165, 1.54) is 11.3 Å². The van der Waals surface area contributed by atoms with Crippen LogP contribution in [0.3, 0.4) is 0 Å². The largest absolute Gasteiger partial charge is 0.493 e. The Balaban J connectivity index is 0.888. The van der Waals surface area contributed by atoms with Crippen LogP contribution in [0.4, 0.5) is 5.69 Å². The molecule has 4 aliphatic rings. The molecule has 4 heterocycles. The minimum absolute atomic E-state index is 0.0878. The van der Waals surface area contributed by atoms with E-state index in [9.17, 15) is 9.59 Å². The molecule has 1 unspecified atom stereocenters. The summed E-state index contributed by atoms with van der Waals surface area (Å²) < 4.78 is 20.7. The molecular weight excluding hydrogens is 636 g/mol. The number of carbonyl (C=O) groups excluding carboxylic acids is 2. The maximum Gasteiger partial charge on any atom is 0.258 e. The molecule has 0 N–H and O–H groups in total. The van der Waals surface area contributed by atoms with E-state index in [-0.39, 0.29) is 23.8 Å².